The van der Waals surface area contributed by atoms with Crippen LogP contribution in [-0.4, -0.2) is 15.1 Å². The highest BCUT2D eigenvalue weighted by Crippen LogP contribution is 2.32. The Bertz CT molecular complexity index is 506. The SMILES string of the molecule is OCc1sc(Oc2cncc(Br)c2)nc1Cl. The Morgan fingerprint density at radius 2 is 2.31 bits per heavy atom. The van der Waals surface area contributed by atoms with Gasteiger partial charge in [0.05, 0.1) is 17.7 Å². The second-order valence-corrected chi connectivity index (χ2v) is 5.11. The summed E-state index contributed by atoms with van der Waals surface area (Å²) in [6.07, 6.45) is 3.22. The topological polar surface area (TPSA) is 55.2 Å². The molecule has 0 aliphatic heterocycles. The molecule has 0 amide bonds. The lowest BCUT2D eigenvalue weighted by Crippen LogP contribution is -1.83. The normalized spacial score (nSPS) is 10.4. The Morgan fingerprint density at radius 1 is 1.50 bits per heavy atom. The van der Waals surface area contributed by atoms with E-state index in [9.17, 15) is 0 Å². The van der Waals surface area contributed by atoms with E-state index in [0.29, 0.717) is 15.8 Å². The third-order valence-corrected chi connectivity index (χ3v) is 3.44. The monoisotopic (exact) mass is 320 g/mol. The molecule has 0 saturated heterocycles. The molecule has 16 heavy (non-hydrogen) atoms. The van der Waals surface area contributed by atoms with Crippen LogP contribution < -0.4 is 4.74 Å². The van der Waals surface area contributed by atoms with Gasteiger partial charge >= 0.3 is 0 Å². The molecule has 4 nitrogen and oxygen atoms in total. The first kappa shape index (κ1) is 11.8. The number of hydrogen-bond donors (Lipinski definition) is 1. The van der Waals surface area contributed by atoms with E-state index in [1.54, 1.807) is 18.5 Å². The number of aliphatic hydroxyl groups is 1. The predicted molar refractivity (Wildman–Crippen MR) is 65.1 cm³/mol. The molecule has 0 fully saturated rings. The molecule has 2 heterocycles. The summed E-state index contributed by atoms with van der Waals surface area (Å²) in [6, 6.07) is 1.76. The van der Waals surface area contributed by atoms with Gasteiger partial charge in [-0.25, -0.2) is 0 Å². The molecule has 0 unspecified atom stereocenters. The number of aliphatic hydroxyl groups excluding tert-OH is 1. The van der Waals surface area contributed by atoms with E-state index in [1.807, 2.05) is 0 Å². The minimum Gasteiger partial charge on any atom is -0.429 e. The number of rotatable bonds is 3. The summed E-state index contributed by atoms with van der Waals surface area (Å²) in [7, 11) is 0. The number of pyridine rings is 1. The van der Waals surface area contributed by atoms with Crippen LogP contribution >= 0.6 is 38.9 Å². The Labute approximate surface area is 109 Å². The standard InChI is InChI=1S/C9H6BrClN2O2S/c10-5-1-6(3-12-2-5)15-9-13-8(11)7(4-14)16-9/h1-3,14H,4H2. The number of hydrogen-bond acceptors (Lipinski definition) is 5. The molecule has 0 radical (unpaired) electrons. The van der Waals surface area contributed by atoms with Crippen molar-refractivity contribution in [2.45, 2.75) is 6.61 Å². The average molecular weight is 322 g/mol. The van der Waals surface area contributed by atoms with E-state index in [2.05, 4.69) is 25.9 Å². The van der Waals surface area contributed by atoms with E-state index >= 15 is 0 Å². The fourth-order valence-corrected chi connectivity index (χ4v) is 2.33. The van der Waals surface area contributed by atoms with Crippen LogP contribution in [0, 0.1) is 0 Å². The summed E-state index contributed by atoms with van der Waals surface area (Å²) >= 11 is 10.3. The van der Waals surface area contributed by atoms with E-state index in [0.717, 1.165) is 4.47 Å². The van der Waals surface area contributed by atoms with Crippen LogP contribution in [0.3, 0.4) is 0 Å². The van der Waals surface area contributed by atoms with Crippen molar-refractivity contribution in [3.63, 3.8) is 0 Å². The van der Waals surface area contributed by atoms with Gasteiger partial charge in [-0.3, -0.25) is 4.98 Å². The summed E-state index contributed by atoms with van der Waals surface area (Å²) in [4.78, 5) is 8.50. The summed E-state index contributed by atoms with van der Waals surface area (Å²) in [5.74, 6) is 0.560. The highest BCUT2D eigenvalue weighted by atomic mass is 79.9. The Morgan fingerprint density at radius 3 is 2.94 bits per heavy atom. The lowest BCUT2D eigenvalue weighted by molar-refractivity contribution is 0.285. The molecule has 0 aliphatic carbocycles. The predicted octanol–water partition coefficient (Wildman–Crippen LogP) is 3.24. The van der Waals surface area contributed by atoms with Gasteiger partial charge in [-0.05, 0) is 22.0 Å². The second kappa shape index (κ2) is 5.09. The Kier molecular flexibility index (Phi) is 3.75. The molecule has 1 N–H and O–H groups in total. The Hall–Kier alpha value is -0.690. The summed E-state index contributed by atoms with van der Waals surface area (Å²) < 4.78 is 6.26. The molecule has 0 atom stereocenters. The minimum atomic E-state index is -0.142. The van der Waals surface area contributed by atoms with Gasteiger partial charge in [-0.1, -0.05) is 22.9 Å². The molecule has 2 aromatic rings. The lowest BCUT2D eigenvalue weighted by atomic mass is 10.5. The zero-order valence-corrected chi connectivity index (χ0v) is 11.0. The van der Waals surface area contributed by atoms with E-state index in [-0.39, 0.29) is 11.8 Å². The minimum absolute atomic E-state index is 0.142. The van der Waals surface area contributed by atoms with Crippen molar-refractivity contribution in [3.8, 4) is 10.9 Å². The van der Waals surface area contributed by atoms with Gasteiger partial charge in [0.15, 0.2) is 0 Å². The van der Waals surface area contributed by atoms with Crippen LogP contribution in [0.2, 0.25) is 5.15 Å². The van der Waals surface area contributed by atoms with Gasteiger partial charge in [0.1, 0.15) is 10.9 Å². The van der Waals surface area contributed by atoms with Crippen LogP contribution in [0.1, 0.15) is 4.88 Å². The number of ether oxygens (including phenoxy) is 1. The third kappa shape index (κ3) is 2.70. The third-order valence-electron chi connectivity index (χ3n) is 1.66. The van der Waals surface area contributed by atoms with Crippen LogP contribution in [0.25, 0.3) is 0 Å². The van der Waals surface area contributed by atoms with E-state index in [1.165, 1.54) is 11.3 Å². The molecule has 0 aliphatic rings. The smallest absolute Gasteiger partial charge is 0.280 e. The zero-order valence-electron chi connectivity index (χ0n) is 7.85. The summed E-state index contributed by atoms with van der Waals surface area (Å²) in [5.41, 5.74) is 0. The molecule has 84 valence electrons. The molecule has 2 aromatic heterocycles. The highest BCUT2D eigenvalue weighted by Gasteiger charge is 2.10. The van der Waals surface area contributed by atoms with Gasteiger partial charge in [0, 0.05) is 10.7 Å². The molecule has 2 rings (SSSR count). The highest BCUT2D eigenvalue weighted by molar-refractivity contribution is 9.10. The zero-order chi connectivity index (χ0) is 11.5. The molecule has 0 bridgehead atoms. The summed E-state index contributed by atoms with van der Waals surface area (Å²) in [6.45, 7) is -0.142. The number of nitrogens with zero attached hydrogens (tertiary/aromatic N) is 2. The van der Waals surface area contributed by atoms with Crippen LogP contribution in [0.4, 0.5) is 0 Å². The van der Waals surface area contributed by atoms with Gasteiger partial charge in [-0.15, -0.1) is 0 Å². The van der Waals surface area contributed by atoms with Crippen molar-refractivity contribution in [2.24, 2.45) is 0 Å². The molecule has 0 saturated carbocycles. The second-order valence-electron chi connectivity index (χ2n) is 2.79. The molecular formula is C9H6BrClN2O2S. The van der Waals surface area contributed by atoms with Crippen LogP contribution in [0.15, 0.2) is 22.9 Å². The lowest BCUT2D eigenvalue weighted by Gasteiger charge is -2.00. The maximum Gasteiger partial charge on any atom is 0.280 e. The quantitative estimate of drug-likeness (QED) is 0.943. The van der Waals surface area contributed by atoms with Crippen LogP contribution in [-0.2, 0) is 6.61 Å². The van der Waals surface area contributed by atoms with Gasteiger partial charge in [-0.2, -0.15) is 4.98 Å². The van der Waals surface area contributed by atoms with E-state index < -0.39 is 0 Å². The first-order valence-corrected chi connectivity index (χ1v) is 6.22. The van der Waals surface area contributed by atoms with Gasteiger partial charge in [0.25, 0.3) is 5.19 Å². The largest absolute Gasteiger partial charge is 0.429 e. The maximum atomic E-state index is 8.95. The Balaban J connectivity index is 2.20. The van der Waals surface area contributed by atoms with Crippen molar-refractivity contribution < 1.29 is 9.84 Å². The van der Waals surface area contributed by atoms with E-state index in [4.69, 9.17) is 21.4 Å². The van der Waals surface area contributed by atoms with Crippen molar-refractivity contribution in [3.05, 3.63) is 33.0 Å². The molecule has 7 heteroatoms. The molecule has 0 aromatic carbocycles. The van der Waals surface area contributed by atoms with Crippen LogP contribution in [0.5, 0.6) is 10.9 Å². The summed E-state index contributed by atoms with van der Waals surface area (Å²) in [5, 5.41) is 9.60. The maximum absolute atomic E-state index is 8.95. The number of aromatic nitrogens is 2. The first-order valence-electron chi connectivity index (χ1n) is 4.23. The number of thiazole rings is 1. The first-order chi connectivity index (χ1) is 7.69. The fourth-order valence-electron chi connectivity index (χ4n) is 1.00. The van der Waals surface area contributed by atoms with Crippen molar-refractivity contribution in [1.82, 2.24) is 9.97 Å². The number of halogens is 2. The van der Waals surface area contributed by atoms with Gasteiger partial charge < -0.3 is 9.84 Å². The average Bonchev–Trinajstić information content (AvgIpc) is 2.58. The molecule has 0 spiro atoms. The fraction of sp³-hybridized carbons (Fsp3) is 0.111. The van der Waals surface area contributed by atoms with Crippen molar-refractivity contribution in [1.29, 1.82) is 0 Å². The molecular weight excluding hydrogens is 316 g/mol. The van der Waals surface area contributed by atoms with Gasteiger partial charge in [0.2, 0.25) is 0 Å². The van der Waals surface area contributed by atoms with Crippen molar-refractivity contribution >= 4 is 38.9 Å². The van der Waals surface area contributed by atoms with Crippen molar-refractivity contribution in [2.75, 3.05) is 0 Å².